The van der Waals surface area contributed by atoms with Crippen molar-refractivity contribution in [3.63, 3.8) is 0 Å². The first-order valence-corrected chi connectivity index (χ1v) is 5.57. The highest BCUT2D eigenvalue weighted by atomic mass is 19.4. The van der Waals surface area contributed by atoms with Crippen LogP contribution in [0.3, 0.4) is 0 Å². The Morgan fingerprint density at radius 2 is 2.00 bits per heavy atom. The minimum absolute atomic E-state index is 0.0297. The molecular formula is C10H15F3N2O. The maximum Gasteiger partial charge on any atom is 0.391 e. The lowest BCUT2D eigenvalue weighted by Gasteiger charge is -2.37. The Hall–Kier alpha value is -0.780. The molecule has 16 heavy (non-hydrogen) atoms. The molecule has 0 aromatic carbocycles. The van der Waals surface area contributed by atoms with E-state index in [4.69, 9.17) is 0 Å². The lowest BCUT2D eigenvalue weighted by atomic mass is 9.79. The second-order valence-electron chi connectivity index (χ2n) is 4.56. The van der Waals surface area contributed by atoms with Gasteiger partial charge in [0.2, 0.25) is 5.91 Å². The van der Waals surface area contributed by atoms with Crippen LogP contribution in [0.2, 0.25) is 0 Å². The maximum absolute atomic E-state index is 12.2. The summed E-state index contributed by atoms with van der Waals surface area (Å²) in [5, 5.41) is 5.68. The van der Waals surface area contributed by atoms with Crippen molar-refractivity contribution in [2.24, 2.45) is 5.92 Å². The van der Waals surface area contributed by atoms with Gasteiger partial charge >= 0.3 is 6.18 Å². The third-order valence-electron chi connectivity index (χ3n) is 3.32. The molecule has 1 heterocycles. The normalized spacial score (nSPS) is 34.6. The van der Waals surface area contributed by atoms with Crippen LogP contribution in [0.5, 0.6) is 0 Å². The molecule has 1 saturated carbocycles. The fraction of sp³-hybridized carbons (Fsp3) is 0.900. The van der Waals surface area contributed by atoms with Crippen LogP contribution < -0.4 is 10.6 Å². The average Bonchev–Trinajstić information content (AvgIpc) is 2.60. The van der Waals surface area contributed by atoms with E-state index in [1.807, 2.05) is 0 Å². The van der Waals surface area contributed by atoms with Crippen LogP contribution in [0.15, 0.2) is 0 Å². The van der Waals surface area contributed by atoms with E-state index in [2.05, 4.69) is 10.6 Å². The van der Waals surface area contributed by atoms with E-state index in [-0.39, 0.29) is 30.8 Å². The second-order valence-corrected chi connectivity index (χ2v) is 4.56. The monoisotopic (exact) mass is 236 g/mol. The van der Waals surface area contributed by atoms with Gasteiger partial charge in [-0.25, -0.2) is 0 Å². The summed E-state index contributed by atoms with van der Waals surface area (Å²) in [5.74, 6) is -1.38. The van der Waals surface area contributed by atoms with Gasteiger partial charge in [0.05, 0.1) is 12.0 Å². The van der Waals surface area contributed by atoms with Crippen molar-refractivity contribution >= 4 is 5.91 Å². The fourth-order valence-corrected chi connectivity index (χ4v) is 2.21. The molecule has 1 aliphatic heterocycles. The second kappa shape index (κ2) is 4.24. The molecule has 3 nitrogen and oxygen atoms in total. The summed E-state index contributed by atoms with van der Waals surface area (Å²) in [4.78, 5) is 11.6. The fourth-order valence-electron chi connectivity index (χ4n) is 2.21. The van der Waals surface area contributed by atoms with Crippen molar-refractivity contribution in [1.29, 1.82) is 0 Å². The van der Waals surface area contributed by atoms with Crippen LogP contribution in [0.1, 0.15) is 25.7 Å². The van der Waals surface area contributed by atoms with Crippen molar-refractivity contribution in [3.8, 4) is 0 Å². The zero-order valence-electron chi connectivity index (χ0n) is 8.81. The number of hydrogen-bond donors (Lipinski definition) is 2. The molecule has 0 aromatic rings. The smallest absolute Gasteiger partial charge is 0.352 e. The first-order chi connectivity index (χ1) is 7.47. The van der Waals surface area contributed by atoms with Crippen molar-refractivity contribution in [2.45, 2.75) is 43.9 Å². The van der Waals surface area contributed by atoms with Crippen LogP contribution in [-0.4, -0.2) is 30.7 Å². The molecule has 2 N–H and O–H groups in total. The predicted octanol–water partition coefficient (Wildman–Crippen LogP) is 1.20. The summed E-state index contributed by atoms with van der Waals surface area (Å²) in [6, 6.07) is -0.494. The van der Waals surface area contributed by atoms with Gasteiger partial charge < -0.3 is 10.6 Å². The Morgan fingerprint density at radius 3 is 2.50 bits per heavy atom. The van der Waals surface area contributed by atoms with Gasteiger partial charge in [0.15, 0.2) is 0 Å². The zero-order chi connectivity index (χ0) is 11.8. The largest absolute Gasteiger partial charge is 0.391 e. The van der Waals surface area contributed by atoms with Crippen molar-refractivity contribution in [3.05, 3.63) is 0 Å². The molecule has 0 spiro atoms. The highest BCUT2D eigenvalue weighted by Crippen LogP contribution is 2.40. The average molecular weight is 236 g/mol. The lowest BCUT2D eigenvalue weighted by Crippen LogP contribution is -2.52. The highest BCUT2D eigenvalue weighted by molar-refractivity contribution is 5.82. The molecule has 1 amide bonds. The molecule has 0 aromatic heterocycles. The minimum atomic E-state index is -4.10. The standard InChI is InChI=1S/C10H15F3N2O/c11-10(12,13)6-4-7(5-6)15-9(16)8-2-1-3-14-8/h6-8,14H,1-5H2,(H,15,16)/t6-,7-,8-/m1/s1. The summed E-state index contributed by atoms with van der Waals surface area (Å²) in [7, 11) is 0. The van der Waals surface area contributed by atoms with Gasteiger partial charge in [-0.3, -0.25) is 4.79 Å². The Balaban J connectivity index is 1.71. The van der Waals surface area contributed by atoms with E-state index in [1.54, 1.807) is 0 Å². The van der Waals surface area contributed by atoms with Gasteiger partial charge in [-0.15, -0.1) is 0 Å². The van der Waals surface area contributed by atoms with E-state index in [0.717, 1.165) is 19.4 Å². The summed E-state index contributed by atoms with van der Waals surface area (Å²) in [6.45, 7) is 0.813. The molecule has 1 saturated heterocycles. The van der Waals surface area contributed by atoms with Crippen LogP contribution in [0, 0.1) is 5.92 Å². The van der Waals surface area contributed by atoms with Crippen molar-refractivity contribution in [1.82, 2.24) is 10.6 Å². The number of hydrogen-bond acceptors (Lipinski definition) is 2. The molecule has 1 aliphatic carbocycles. The van der Waals surface area contributed by atoms with E-state index >= 15 is 0 Å². The quantitative estimate of drug-likeness (QED) is 0.756. The topological polar surface area (TPSA) is 41.1 Å². The Morgan fingerprint density at radius 1 is 1.31 bits per heavy atom. The number of carbonyl (C=O) groups excluding carboxylic acids is 1. The SMILES string of the molecule is O=C(N[C@H]1C[C@H](C(F)(F)F)C1)[C@H]1CCCN1. The number of amides is 1. The zero-order valence-corrected chi connectivity index (χ0v) is 8.81. The van der Waals surface area contributed by atoms with Crippen LogP contribution >= 0.6 is 0 Å². The van der Waals surface area contributed by atoms with Gasteiger partial charge in [-0.1, -0.05) is 0 Å². The van der Waals surface area contributed by atoms with Gasteiger partial charge in [0.1, 0.15) is 0 Å². The number of halogens is 3. The summed E-state index contributed by atoms with van der Waals surface area (Å²) in [6.07, 6.45) is -2.31. The summed E-state index contributed by atoms with van der Waals surface area (Å²) < 4.78 is 36.6. The third kappa shape index (κ3) is 2.48. The van der Waals surface area contributed by atoms with Gasteiger partial charge in [-0.05, 0) is 32.2 Å². The number of nitrogens with one attached hydrogen (secondary N) is 2. The van der Waals surface area contributed by atoms with E-state index < -0.39 is 12.1 Å². The summed E-state index contributed by atoms with van der Waals surface area (Å²) >= 11 is 0. The number of carbonyl (C=O) groups is 1. The summed E-state index contributed by atoms with van der Waals surface area (Å²) in [5.41, 5.74) is 0. The molecule has 2 fully saturated rings. The lowest BCUT2D eigenvalue weighted by molar-refractivity contribution is -0.199. The first kappa shape index (κ1) is 11.7. The van der Waals surface area contributed by atoms with E-state index in [9.17, 15) is 18.0 Å². The third-order valence-corrected chi connectivity index (χ3v) is 3.32. The van der Waals surface area contributed by atoms with Crippen LogP contribution in [0.4, 0.5) is 13.2 Å². The van der Waals surface area contributed by atoms with Crippen molar-refractivity contribution in [2.75, 3.05) is 6.54 Å². The molecule has 0 unspecified atom stereocenters. The Labute approximate surface area is 91.8 Å². The van der Waals surface area contributed by atoms with Crippen LogP contribution in [-0.2, 0) is 4.79 Å². The predicted molar refractivity (Wildman–Crippen MR) is 51.7 cm³/mol. The molecule has 6 heteroatoms. The minimum Gasteiger partial charge on any atom is -0.352 e. The molecule has 1 atom stereocenters. The first-order valence-electron chi connectivity index (χ1n) is 5.57. The molecule has 2 aliphatic rings. The van der Waals surface area contributed by atoms with Gasteiger partial charge in [0.25, 0.3) is 0 Å². The highest BCUT2D eigenvalue weighted by Gasteiger charge is 2.48. The molecule has 92 valence electrons. The number of alkyl halides is 3. The molecule has 0 radical (unpaired) electrons. The Bertz CT molecular complexity index is 268. The maximum atomic E-state index is 12.2. The molecular weight excluding hydrogens is 221 g/mol. The van der Waals surface area contributed by atoms with Crippen LogP contribution in [0.25, 0.3) is 0 Å². The molecule has 0 bridgehead atoms. The Kier molecular flexibility index (Phi) is 3.10. The van der Waals surface area contributed by atoms with E-state index in [0.29, 0.717) is 0 Å². The van der Waals surface area contributed by atoms with Crippen molar-refractivity contribution < 1.29 is 18.0 Å². The number of rotatable bonds is 2. The van der Waals surface area contributed by atoms with E-state index in [1.165, 1.54) is 0 Å². The molecule has 2 rings (SSSR count). The van der Waals surface area contributed by atoms with Gasteiger partial charge in [-0.2, -0.15) is 13.2 Å². The van der Waals surface area contributed by atoms with Gasteiger partial charge in [0, 0.05) is 6.04 Å².